The molecule has 2 amide bonds. The molecule has 2 heterocycles. The van der Waals surface area contributed by atoms with Crippen LogP contribution in [-0.4, -0.2) is 40.8 Å². The largest absolute Gasteiger partial charge is 0.343 e. The third-order valence-electron chi connectivity index (χ3n) is 3.35. The number of aromatic nitrogens is 1. The van der Waals surface area contributed by atoms with E-state index < -0.39 is 0 Å². The Labute approximate surface area is 123 Å². The number of piperazine rings is 1. The number of carbonyl (C=O) groups is 2. The topological polar surface area (TPSA) is 62.3 Å². The molecule has 0 aliphatic carbocycles. The summed E-state index contributed by atoms with van der Waals surface area (Å²) in [6, 6.07) is -0.375. The van der Waals surface area contributed by atoms with Crippen molar-refractivity contribution in [3.8, 4) is 0 Å². The maximum absolute atomic E-state index is 12.4. The van der Waals surface area contributed by atoms with Crippen LogP contribution in [0, 0.1) is 5.92 Å². The summed E-state index contributed by atoms with van der Waals surface area (Å²) >= 11 is 1.58. The maximum atomic E-state index is 12.4. The van der Waals surface area contributed by atoms with E-state index in [0.29, 0.717) is 18.9 Å². The van der Waals surface area contributed by atoms with Gasteiger partial charge in [-0.1, -0.05) is 20.8 Å². The molecule has 6 heteroatoms. The minimum atomic E-state index is -0.375. The zero-order valence-corrected chi connectivity index (χ0v) is 12.9. The van der Waals surface area contributed by atoms with Crippen LogP contribution in [0.1, 0.15) is 38.1 Å². The molecular weight excluding hydrogens is 274 g/mol. The van der Waals surface area contributed by atoms with Crippen molar-refractivity contribution >= 4 is 23.2 Å². The second kappa shape index (κ2) is 6.35. The van der Waals surface area contributed by atoms with Crippen molar-refractivity contribution in [2.75, 3.05) is 13.1 Å². The summed E-state index contributed by atoms with van der Waals surface area (Å²) in [5.74, 6) is 0.494. The Kier molecular flexibility index (Phi) is 4.75. The van der Waals surface area contributed by atoms with Gasteiger partial charge in [0.25, 0.3) is 0 Å². The molecule has 1 fully saturated rings. The summed E-state index contributed by atoms with van der Waals surface area (Å²) in [4.78, 5) is 30.1. The number of hydrogen-bond acceptors (Lipinski definition) is 4. The van der Waals surface area contributed by atoms with Crippen LogP contribution in [0.15, 0.2) is 11.6 Å². The SMILES string of the molecule is CC(C)CC1NC(=O)CN(CC(C)c2nccs2)C1=O. The van der Waals surface area contributed by atoms with Crippen LogP contribution in [0.25, 0.3) is 0 Å². The Balaban J connectivity index is 2.02. The molecule has 1 aliphatic rings. The average Bonchev–Trinajstić information content (AvgIpc) is 2.88. The standard InChI is InChI=1S/C14H21N3O2S/c1-9(2)6-11-14(19)17(8-12(18)16-11)7-10(3)13-15-4-5-20-13/h4-5,9-11H,6-8H2,1-3H3,(H,16,18). The number of amides is 2. The van der Waals surface area contributed by atoms with Crippen molar-refractivity contribution in [2.45, 2.75) is 39.2 Å². The molecule has 0 aromatic carbocycles. The molecule has 0 bridgehead atoms. The third-order valence-corrected chi connectivity index (χ3v) is 4.36. The van der Waals surface area contributed by atoms with Crippen LogP contribution >= 0.6 is 11.3 Å². The van der Waals surface area contributed by atoms with Gasteiger partial charge in [-0.2, -0.15) is 0 Å². The Morgan fingerprint density at radius 3 is 2.80 bits per heavy atom. The van der Waals surface area contributed by atoms with Gasteiger partial charge in [0.05, 0.1) is 11.6 Å². The summed E-state index contributed by atoms with van der Waals surface area (Å²) in [6.07, 6.45) is 2.45. The molecule has 1 saturated heterocycles. The first kappa shape index (κ1) is 15.0. The minimum Gasteiger partial charge on any atom is -0.343 e. The quantitative estimate of drug-likeness (QED) is 0.898. The third kappa shape index (κ3) is 3.56. The summed E-state index contributed by atoms with van der Waals surface area (Å²) in [6.45, 7) is 6.85. The van der Waals surface area contributed by atoms with Gasteiger partial charge in [-0.3, -0.25) is 9.59 Å². The Hall–Kier alpha value is -1.43. The van der Waals surface area contributed by atoms with E-state index in [-0.39, 0.29) is 30.3 Å². The second-order valence-electron chi connectivity index (χ2n) is 5.74. The number of nitrogens with zero attached hydrogens (tertiary/aromatic N) is 2. The molecular formula is C14H21N3O2S. The Morgan fingerprint density at radius 1 is 1.45 bits per heavy atom. The molecule has 0 saturated carbocycles. The van der Waals surface area contributed by atoms with Crippen molar-refractivity contribution < 1.29 is 9.59 Å². The zero-order valence-electron chi connectivity index (χ0n) is 12.1. The fourth-order valence-corrected chi connectivity index (χ4v) is 3.14. The summed E-state index contributed by atoms with van der Waals surface area (Å²) in [5, 5.41) is 5.72. The molecule has 1 aromatic rings. The second-order valence-corrected chi connectivity index (χ2v) is 6.67. The lowest BCUT2D eigenvalue weighted by Crippen LogP contribution is -2.58. The lowest BCUT2D eigenvalue weighted by molar-refractivity contribution is -0.144. The molecule has 0 spiro atoms. The number of hydrogen-bond donors (Lipinski definition) is 1. The van der Waals surface area contributed by atoms with Gasteiger partial charge in [-0.05, 0) is 12.3 Å². The van der Waals surface area contributed by atoms with Crippen LogP contribution in [0.2, 0.25) is 0 Å². The zero-order chi connectivity index (χ0) is 14.7. The van der Waals surface area contributed by atoms with Gasteiger partial charge in [-0.15, -0.1) is 11.3 Å². The number of carbonyl (C=O) groups excluding carboxylic acids is 2. The first-order valence-corrected chi connectivity index (χ1v) is 7.83. The first-order chi connectivity index (χ1) is 9.47. The van der Waals surface area contributed by atoms with E-state index in [1.54, 1.807) is 22.4 Å². The van der Waals surface area contributed by atoms with E-state index in [9.17, 15) is 9.59 Å². The van der Waals surface area contributed by atoms with Gasteiger partial charge < -0.3 is 10.2 Å². The van der Waals surface area contributed by atoms with Crippen molar-refractivity contribution in [1.29, 1.82) is 0 Å². The van der Waals surface area contributed by atoms with Crippen LogP contribution in [0.5, 0.6) is 0 Å². The van der Waals surface area contributed by atoms with Crippen molar-refractivity contribution in [3.63, 3.8) is 0 Å². The van der Waals surface area contributed by atoms with Crippen LogP contribution in [0.3, 0.4) is 0 Å². The van der Waals surface area contributed by atoms with Gasteiger partial charge in [0.2, 0.25) is 11.8 Å². The van der Waals surface area contributed by atoms with Crippen LogP contribution in [0.4, 0.5) is 0 Å². The number of nitrogens with one attached hydrogen (secondary N) is 1. The van der Waals surface area contributed by atoms with Crippen LogP contribution < -0.4 is 5.32 Å². The lowest BCUT2D eigenvalue weighted by atomic mass is 10.00. The van der Waals surface area contributed by atoms with Crippen LogP contribution in [-0.2, 0) is 9.59 Å². The molecule has 2 rings (SSSR count). The van der Waals surface area contributed by atoms with Crippen molar-refractivity contribution in [1.82, 2.24) is 15.2 Å². The van der Waals surface area contributed by atoms with Gasteiger partial charge in [0.15, 0.2) is 0 Å². The molecule has 1 aromatic heterocycles. The summed E-state index contributed by atoms with van der Waals surface area (Å²) in [5.41, 5.74) is 0. The smallest absolute Gasteiger partial charge is 0.245 e. The maximum Gasteiger partial charge on any atom is 0.245 e. The van der Waals surface area contributed by atoms with E-state index in [1.807, 2.05) is 12.3 Å². The predicted molar refractivity (Wildman–Crippen MR) is 78.5 cm³/mol. The highest BCUT2D eigenvalue weighted by molar-refractivity contribution is 7.09. The minimum absolute atomic E-state index is 0.0294. The fourth-order valence-electron chi connectivity index (χ4n) is 2.45. The summed E-state index contributed by atoms with van der Waals surface area (Å²) in [7, 11) is 0. The van der Waals surface area contributed by atoms with Gasteiger partial charge in [0, 0.05) is 24.0 Å². The van der Waals surface area contributed by atoms with E-state index in [4.69, 9.17) is 0 Å². The van der Waals surface area contributed by atoms with Crippen molar-refractivity contribution in [3.05, 3.63) is 16.6 Å². The average molecular weight is 295 g/mol. The fraction of sp³-hybridized carbons (Fsp3) is 0.643. The highest BCUT2D eigenvalue weighted by atomic mass is 32.1. The van der Waals surface area contributed by atoms with Gasteiger partial charge in [0.1, 0.15) is 6.04 Å². The molecule has 1 aliphatic heterocycles. The predicted octanol–water partition coefficient (Wildman–Crippen LogP) is 1.62. The molecule has 1 N–H and O–H groups in total. The highest BCUT2D eigenvalue weighted by Crippen LogP contribution is 2.20. The lowest BCUT2D eigenvalue weighted by Gasteiger charge is -2.34. The first-order valence-electron chi connectivity index (χ1n) is 6.95. The normalized spacial score (nSPS) is 21.2. The molecule has 2 unspecified atom stereocenters. The van der Waals surface area contributed by atoms with E-state index in [1.165, 1.54) is 0 Å². The van der Waals surface area contributed by atoms with E-state index in [0.717, 1.165) is 5.01 Å². The Bertz CT molecular complexity index is 473. The Morgan fingerprint density at radius 2 is 2.20 bits per heavy atom. The molecule has 110 valence electrons. The van der Waals surface area contributed by atoms with E-state index >= 15 is 0 Å². The number of rotatable bonds is 5. The van der Waals surface area contributed by atoms with Gasteiger partial charge in [-0.25, -0.2) is 4.98 Å². The molecule has 2 atom stereocenters. The monoisotopic (exact) mass is 295 g/mol. The molecule has 0 radical (unpaired) electrons. The number of thiazole rings is 1. The molecule has 20 heavy (non-hydrogen) atoms. The van der Waals surface area contributed by atoms with E-state index in [2.05, 4.69) is 24.1 Å². The van der Waals surface area contributed by atoms with Gasteiger partial charge >= 0.3 is 0 Å². The molecule has 5 nitrogen and oxygen atoms in total. The highest BCUT2D eigenvalue weighted by Gasteiger charge is 2.33. The summed E-state index contributed by atoms with van der Waals surface area (Å²) < 4.78 is 0. The van der Waals surface area contributed by atoms with Crippen molar-refractivity contribution in [2.24, 2.45) is 5.92 Å².